The molecule has 2 aliphatic heterocycles. The standard InChI is InChI=1S/C21H26F3N3O7S/c1-20(2,3)33-19(30)27-11-13-9-14(34-35(31,32)21(22,23)24)7-6-12(13)10-16(27)18(29)26-8-4-5-15(26)17(25)28/h6-7,9,15-16H,4-5,8,10-11H2,1-3H3,(H2,25,28)/t15-,16-/m0/s1. The average molecular weight is 522 g/mol. The van der Waals surface area contributed by atoms with Crippen molar-refractivity contribution in [3.63, 3.8) is 0 Å². The van der Waals surface area contributed by atoms with Crippen LogP contribution in [0.3, 0.4) is 0 Å². The molecule has 0 saturated carbocycles. The first-order valence-corrected chi connectivity index (χ1v) is 12.1. The lowest BCUT2D eigenvalue weighted by Crippen LogP contribution is -2.56. The lowest BCUT2D eigenvalue weighted by atomic mass is 9.93. The number of nitrogens with two attached hydrogens (primary N) is 1. The Labute approximate surface area is 200 Å². The Morgan fingerprint density at radius 1 is 1.06 bits per heavy atom. The van der Waals surface area contributed by atoms with Crippen molar-refractivity contribution in [3.8, 4) is 5.75 Å². The van der Waals surface area contributed by atoms with E-state index in [2.05, 4.69) is 4.18 Å². The third-order valence-corrected chi connectivity index (χ3v) is 6.55. The quantitative estimate of drug-likeness (QED) is 0.473. The minimum absolute atomic E-state index is 0.0400. The summed E-state index contributed by atoms with van der Waals surface area (Å²) >= 11 is 0. The fourth-order valence-corrected chi connectivity index (χ4v) is 4.49. The van der Waals surface area contributed by atoms with Crippen LogP contribution in [0.25, 0.3) is 0 Å². The second-order valence-electron chi connectivity index (χ2n) is 9.33. The molecule has 2 aliphatic rings. The lowest BCUT2D eigenvalue weighted by molar-refractivity contribution is -0.142. The van der Waals surface area contributed by atoms with E-state index in [0.29, 0.717) is 18.4 Å². The number of hydrogen-bond donors (Lipinski definition) is 1. The highest BCUT2D eigenvalue weighted by molar-refractivity contribution is 7.88. The molecular weight excluding hydrogens is 495 g/mol. The van der Waals surface area contributed by atoms with Crippen LogP contribution in [0.15, 0.2) is 18.2 Å². The minimum atomic E-state index is -5.89. The summed E-state index contributed by atoms with van der Waals surface area (Å²) in [6.45, 7) is 4.88. The second kappa shape index (κ2) is 9.21. The van der Waals surface area contributed by atoms with Gasteiger partial charge in [0.05, 0.1) is 6.54 Å². The van der Waals surface area contributed by atoms with E-state index in [9.17, 15) is 36.0 Å². The molecule has 1 aromatic rings. The Balaban J connectivity index is 1.95. The number of alkyl halides is 3. The predicted octanol–water partition coefficient (Wildman–Crippen LogP) is 2.05. The van der Waals surface area contributed by atoms with Crippen molar-refractivity contribution in [3.05, 3.63) is 29.3 Å². The van der Waals surface area contributed by atoms with E-state index < -0.39 is 57.0 Å². The molecule has 3 rings (SSSR count). The number of carbonyl (C=O) groups is 3. The van der Waals surface area contributed by atoms with Crippen LogP contribution in [0, 0.1) is 0 Å². The van der Waals surface area contributed by atoms with Crippen molar-refractivity contribution in [2.45, 2.75) is 69.8 Å². The van der Waals surface area contributed by atoms with E-state index in [1.807, 2.05) is 0 Å². The van der Waals surface area contributed by atoms with Gasteiger partial charge in [0.1, 0.15) is 23.4 Å². The molecule has 1 saturated heterocycles. The van der Waals surface area contributed by atoms with Gasteiger partial charge in [-0.15, -0.1) is 0 Å². The van der Waals surface area contributed by atoms with Gasteiger partial charge in [0.25, 0.3) is 0 Å². The van der Waals surface area contributed by atoms with Crippen molar-refractivity contribution >= 4 is 28.0 Å². The van der Waals surface area contributed by atoms with Crippen LogP contribution in [-0.4, -0.2) is 65.9 Å². The SMILES string of the molecule is CC(C)(C)OC(=O)N1Cc2cc(OS(=O)(=O)C(F)(F)F)ccc2C[C@H]1C(=O)N1CCC[C@H]1C(N)=O. The molecule has 194 valence electrons. The summed E-state index contributed by atoms with van der Waals surface area (Å²) in [5.74, 6) is -1.77. The Bertz CT molecular complexity index is 1130. The Morgan fingerprint density at radius 2 is 1.71 bits per heavy atom. The number of amides is 3. The number of ether oxygens (including phenoxy) is 1. The van der Waals surface area contributed by atoms with Crippen LogP contribution in [0.1, 0.15) is 44.7 Å². The molecule has 35 heavy (non-hydrogen) atoms. The number of benzene rings is 1. The van der Waals surface area contributed by atoms with Gasteiger partial charge in [-0.2, -0.15) is 21.6 Å². The Morgan fingerprint density at radius 3 is 2.29 bits per heavy atom. The van der Waals surface area contributed by atoms with Crippen molar-refractivity contribution < 1.29 is 44.9 Å². The summed E-state index contributed by atoms with van der Waals surface area (Å²) in [6.07, 6.45) is 0.0571. The van der Waals surface area contributed by atoms with Crippen molar-refractivity contribution in [2.75, 3.05) is 6.54 Å². The monoisotopic (exact) mass is 521 g/mol. The van der Waals surface area contributed by atoms with E-state index in [-0.39, 0.29) is 25.1 Å². The first-order chi connectivity index (χ1) is 16.0. The molecule has 2 N–H and O–H groups in total. The molecule has 14 heteroatoms. The van der Waals surface area contributed by atoms with E-state index in [1.165, 1.54) is 11.0 Å². The molecule has 0 aliphatic carbocycles. The van der Waals surface area contributed by atoms with E-state index >= 15 is 0 Å². The van der Waals surface area contributed by atoms with Crippen LogP contribution >= 0.6 is 0 Å². The number of nitrogens with zero attached hydrogens (tertiary/aromatic N) is 2. The van der Waals surface area contributed by atoms with Gasteiger partial charge in [-0.3, -0.25) is 14.5 Å². The van der Waals surface area contributed by atoms with Crippen molar-refractivity contribution in [1.82, 2.24) is 9.80 Å². The first kappa shape index (κ1) is 26.6. The van der Waals surface area contributed by atoms with Gasteiger partial charge < -0.3 is 19.6 Å². The highest BCUT2D eigenvalue weighted by atomic mass is 32.2. The summed E-state index contributed by atoms with van der Waals surface area (Å²) in [7, 11) is -5.89. The third kappa shape index (κ3) is 5.80. The molecule has 0 spiro atoms. The van der Waals surface area contributed by atoms with Gasteiger partial charge in [0.2, 0.25) is 11.8 Å². The van der Waals surface area contributed by atoms with E-state index in [1.54, 1.807) is 20.8 Å². The van der Waals surface area contributed by atoms with Gasteiger partial charge >= 0.3 is 21.7 Å². The molecular formula is C21H26F3N3O7S. The maximum Gasteiger partial charge on any atom is 0.534 e. The second-order valence-corrected chi connectivity index (χ2v) is 10.9. The number of halogens is 3. The summed E-state index contributed by atoms with van der Waals surface area (Å²) in [6, 6.07) is 1.56. The first-order valence-electron chi connectivity index (χ1n) is 10.7. The number of carbonyl (C=O) groups excluding carboxylic acids is 3. The zero-order chi connectivity index (χ0) is 26.3. The van der Waals surface area contributed by atoms with E-state index in [4.69, 9.17) is 10.5 Å². The van der Waals surface area contributed by atoms with E-state index in [0.717, 1.165) is 17.0 Å². The van der Waals surface area contributed by atoms with Gasteiger partial charge in [0, 0.05) is 13.0 Å². The summed E-state index contributed by atoms with van der Waals surface area (Å²) in [5, 5.41) is 0. The fraction of sp³-hybridized carbons (Fsp3) is 0.571. The van der Waals surface area contributed by atoms with Crippen molar-refractivity contribution in [1.29, 1.82) is 0 Å². The van der Waals surface area contributed by atoms with Crippen LogP contribution < -0.4 is 9.92 Å². The van der Waals surface area contributed by atoms with Crippen LogP contribution in [-0.2, 0) is 37.4 Å². The molecule has 0 aromatic heterocycles. The average Bonchev–Trinajstić information content (AvgIpc) is 3.20. The zero-order valence-corrected chi connectivity index (χ0v) is 20.1. The number of primary amides is 1. The number of rotatable bonds is 4. The molecule has 0 radical (unpaired) electrons. The Kier molecular flexibility index (Phi) is 6.99. The largest absolute Gasteiger partial charge is 0.534 e. The number of hydrogen-bond acceptors (Lipinski definition) is 7. The number of likely N-dealkylation sites (tertiary alicyclic amines) is 1. The summed E-state index contributed by atoms with van der Waals surface area (Å²) in [4.78, 5) is 40.6. The zero-order valence-electron chi connectivity index (χ0n) is 19.3. The molecule has 1 fully saturated rings. The maximum absolute atomic E-state index is 13.4. The normalized spacial score (nSPS) is 20.9. The summed E-state index contributed by atoms with van der Waals surface area (Å²) < 4.78 is 70.5. The van der Waals surface area contributed by atoms with Crippen LogP contribution in [0.2, 0.25) is 0 Å². The molecule has 0 bridgehead atoms. The van der Waals surface area contributed by atoms with Crippen molar-refractivity contribution in [2.24, 2.45) is 5.73 Å². The van der Waals surface area contributed by atoms with Crippen LogP contribution in [0.5, 0.6) is 5.75 Å². The van der Waals surface area contributed by atoms with Gasteiger partial charge in [-0.1, -0.05) is 6.07 Å². The highest BCUT2D eigenvalue weighted by Crippen LogP contribution is 2.33. The van der Waals surface area contributed by atoms with Crippen LogP contribution in [0.4, 0.5) is 18.0 Å². The number of fused-ring (bicyclic) bond motifs is 1. The topological polar surface area (TPSA) is 136 Å². The minimum Gasteiger partial charge on any atom is -0.444 e. The predicted molar refractivity (Wildman–Crippen MR) is 115 cm³/mol. The molecule has 3 amide bonds. The molecule has 2 heterocycles. The highest BCUT2D eigenvalue weighted by Gasteiger charge is 2.49. The Hall–Kier alpha value is -3.03. The maximum atomic E-state index is 13.4. The molecule has 2 atom stereocenters. The van der Waals surface area contributed by atoms with Gasteiger partial charge in [0.15, 0.2) is 0 Å². The fourth-order valence-electron chi connectivity index (χ4n) is 4.04. The molecule has 1 aromatic carbocycles. The lowest BCUT2D eigenvalue weighted by Gasteiger charge is -2.39. The third-order valence-electron chi connectivity index (χ3n) is 5.57. The summed E-state index contributed by atoms with van der Waals surface area (Å²) in [5.41, 5.74) is -0.330. The van der Waals surface area contributed by atoms with Gasteiger partial charge in [-0.05, 0) is 56.9 Å². The van der Waals surface area contributed by atoms with Gasteiger partial charge in [-0.25, -0.2) is 4.79 Å². The smallest absolute Gasteiger partial charge is 0.444 e. The molecule has 0 unspecified atom stereocenters. The molecule has 10 nitrogen and oxygen atoms in total.